The maximum absolute atomic E-state index is 6.06. The summed E-state index contributed by atoms with van der Waals surface area (Å²) in [5, 5.41) is 0. The standard InChI is InChI=1S/C17H27N3S/c1-2-21-17-7-5-6-16(15(17)12-18)20-11-8-14(13-20)19-9-3-4-10-19/h5-7,14H,2-4,8-13,18H2,1H3. The van der Waals surface area contributed by atoms with Gasteiger partial charge in [0, 0.05) is 41.8 Å². The molecule has 0 amide bonds. The predicted octanol–water partition coefficient (Wildman–Crippen LogP) is 2.93. The topological polar surface area (TPSA) is 32.5 Å². The molecule has 1 unspecified atom stereocenters. The number of nitrogens with zero attached hydrogens (tertiary/aromatic N) is 2. The van der Waals surface area contributed by atoms with Crippen molar-refractivity contribution in [2.75, 3.05) is 36.8 Å². The zero-order valence-corrected chi connectivity index (χ0v) is 13.9. The summed E-state index contributed by atoms with van der Waals surface area (Å²) >= 11 is 1.91. The Morgan fingerprint density at radius 2 is 2.05 bits per heavy atom. The number of hydrogen-bond acceptors (Lipinski definition) is 4. The molecular formula is C17H27N3S. The Labute approximate surface area is 132 Å². The van der Waals surface area contributed by atoms with E-state index in [-0.39, 0.29) is 0 Å². The first-order valence-electron chi connectivity index (χ1n) is 8.27. The maximum Gasteiger partial charge on any atom is 0.0423 e. The minimum absolute atomic E-state index is 0.642. The molecule has 0 radical (unpaired) electrons. The highest BCUT2D eigenvalue weighted by Crippen LogP contribution is 2.33. The molecule has 2 fully saturated rings. The summed E-state index contributed by atoms with van der Waals surface area (Å²) in [5.74, 6) is 1.10. The molecule has 3 rings (SSSR count). The summed E-state index contributed by atoms with van der Waals surface area (Å²) < 4.78 is 0. The van der Waals surface area contributed by atoms with Crippen LogP contribution in [0.25, 0.3) is 0 Å². The smallest absolute Gasteiger partial charge is 0.0423 e. The lowest BCUT2D eigenvalue weighted by Gasteiger charge is -2.26. The Hall–Kier alpha value is -0.710. The number of benzene rings is 1. The molecule has 0 spiro atoms. The Bertz CT molecular complexity index is 471. The van der Waals surface area contributed by atoms with Gasteiger partial charge in [-0.3, -0.25) is 4.90 Å². The van der Waals surface area contributed by atoms with Crippen LogP contribution in [0.3, 0.4) is 0 Å². The summed E-state index contributed by atoms with van der Waals surface area (Å²) in [4.78, 5) is 6.61. The Morgan fingerprint density at radius 1 is 1.24 bits per heavy atom. The van der Waals surface area contributed by atoms with Crippen molar-refractivity contribution in [1.82, 2.24) is 4.90 Å². The highest BCUT2D eigenvalue weighted by Gasteiger charge is 2.30. The van der Waals surface area contributed by atoms with Crippen LogP contribution < -0.4 is 10.6 Å². The number of nitrogens with two attached hydrogens (primary N) is 1. The van der Waals surface area contributed by atoms with E-state index < -0.39 is 0 Å². The molecule has 1 aromatic carbocycles. The van der Waals surface area contributed by atoms with Gasteiger partial charge in [0.25, 0.3) is 0 Å². The molecule has 21 heavy (non-hydrogen) atoms. The van der Waals surface area contributed by atoms with Crippen molar-refractivity contribution >= 4 is 17.4 Å². The van der Waals surface area contributed by atoms with Gasteiger partial charge in [-0.1, -0.05) is 13.0 Å². The van der Waals surface area contributed by atoms with Crippen molar-refractivity contribution in [1.29, 1.82) is 0 Å². The lowest BCUT2D eigenvalue weighted by molar-refractivity contribution is 0.260. The summed E-state index contributed by atoms with van der Waals surface area (Å²) in [6, 6.07) is 7.42. The average Bonchev–Trinajstić information content (AvgIpc) is 3.18. The third kappa shape index (κ3) is 3.22. The van der Waals surface area contributed by atoms with Crippen LogP contribution in [0.5, 0.6) is 0 Å². The van der Waals surface area contributed by atoms with Crippen LogP contribution in [0.2, 0.25) is 0 Å². The molecule has 3 nitrogen and oxygen atoms in total. The molecule has 2 N–H and O–H groups in total. The van der Waals surface area contributed by atoms with E-state index in [0.717, 1.165) is 11.8 Å². The molecule has 1 aromatic rings. The number of anilines is 1. The minimum atomic E-state index is 0.642. The van der Waals surface area contributed by atoms with Gasteiger partial charge in [0.2, 0.25) is 0 Å². The molecule has 116 valence electrons. The lowest BCUT2D eigenvalue weighted by Crippen LogP contribution is -2.35. The van der Waals surface area contributed by atoms with Crippen molar-refractivity contribution in [3.8, 4) is 0 Å². The monoisotopic (exact) mass is 305 g/mol. The van der Waals surface area contributed by atoms with Gasteiger partial charge < -0.3 is 10.6 Å². The Balaban J connectivity index is 1.76. The summed E-state index contributed by atoms with van der Waals surface area (Å²) in [6.07, 6.45) is 4.06. The van der Waals surface area contributed by atoms with Crippen LogP contribution >= 0.6 is 11.8 Å². The molecular weight excluding hydrogens is 278 g/mol. The second-order valence-electron chi connectivity index (χ2n) is 6.02. The molecule has 0 aliphatic carbocycles. The fraction of sp³-hybridized carbons (Fsp3) is 0.647. The van der Waals surface area contributed by atoms with Crippen molar-refractivity contribution in [2.45, 2.75) is 43.7 Å². The van der Waals surface area contributed by atoms with Gasteiger partial charge in [-0.25, -0.2) is 0 Å². The largest absolute Gasteiger partial charge is 0.370 e. The van der Waals surface area contributed by atoms with Crippen LogP contribution in [0.15, 0.2) is 23.1 Å². The van der Waals surface area contributed by atoms with Crippen molar-refractivity contribution < 1.29 is 0 Å². The predicted molar refractivity (Wildman–Crippen MR) is 92.2 cm³/mol. The molecule has 0 aromatic heterocycles. The van der Waals surface area contributed by atoms with Gasteiger partial charge in [-0.05, 0) is 50.2 Å². The van der Waals surface area contributed by atoms with Gasteiger partial charge >= 0.3 is 0 Å². The van der Waals surface area contributed by atoms with Crippen LogP contribution in [-0.4, -0.2) is 42.9 Å². The molecule has 2 heterocycles. The summed E-state index contributed by atoms with van der Waals surface area (Å²) in [6.45, 7) is 7.80. The molecule has 0 bridgehead atoms. The third-order valence-electron chi connectivity index (χ3n) is 4.77. The van der Waals surface area contributed by atoms with Crippen LogP contribution in [-0.2, 0) is 6.54 Å². The van der Waals surface area contributed by atoms with Gasteiger partial charge in [-0.15, -0.1) is 11.8 Å². The second-order valence-corrected chi connectivity index (χ2v) is 7.33. The number of rotatable bonds is 5. The SMILES string of the molecule is CCSc1cccc(N2CCC(N3CCCC3)C2)c1CN. The lowest BCUT2D eigenvalue weighted by atomic mass is 10.1. The van der Waals surface area contributed by atoms with Crippen molar-refractivity contribution in [3.63, 3.8) is 0 Å². The van der Waals surface area contributed by atoms with E-state index in [4.69, 9.17) is 5.73 Å². The summed E-state index contributed by atoms with van der Waals surface area (Å²) in [7, 11) is 0. The van der Waals surface area contributed by atoms with E-state index in [2.05, 4.69) is 34.9 Å². The molecule has 2 saturated heterocycles. The first-order valence-corrected chi connectivity index (χ1v) is 9.25. The fourth-order valence-corrected chi connectivity index (χ4v) is 4.56. The fourth-order valence-electron chi connectivity index (χ4n) is 3.71. The first kappa shape index (κ1) is 15.2. The van der Waals surface area contributed by atoms with E-state index in [1.807, 2.05) is 11.8 Å². The van der Waals surface area contributed by atoms with E-state index in [1.54, 1.807) is 0 Å². The van der Waals surface area contributed by atoms with E-state index in [9.17, 15) is 0 Å². The Kier molecular flexibility index (Phi) is 5.09. The minimum Gasteiger partial charge on any atom is -0.370 e. The Morgan fingerprint density at radius 3 is 2.76 bits per heavy atom. The van der Waals surface area contributed by atoms with E-state index >= 15 is 0 Å². The molecule has 4 heteroatoms. The quantitative estimate of drug-likeness (QED) is 0.848. The van der Waals surface area contributed by atoms with Gasteiger partial charge in [-0.2, -0.15) is 0 Å². The van der Waals surface area contributed by atoms with Crippen molar-refractivity contribution in [2.24, 2.45) is 5.73 Å². The maximum atomic E-state index is 6.06. The zero-order valence-electron chi connectivity index (χ0n) is 13.1. The highest BCUT2D eigenvalue weighted by atomic mass is 32.2. The van der Waals surface area contributed by atoms with Gasteiger partial charge in [0.1, 0.15) is 0 Å². The normalized spacial score (nSPS) is 23.1. The zero-order chi connectivity index (χ0) is 14.7. The number of thioether (sulfide) groups is 1. The third-order valence-corrected chi connectivity index (χ3v) is 5.76. The number of hydrogen-bond donors (Lipinski definition) is 1. The van der Waals surface area contributed by atoms with E-state index in [1.165, 1.54) is 61.6 Å². The second kappa shape index (κ2) is 7.03. The van der Waals surface area contributed by atoms with Crippen LogP contribution in [0.4, 0.5) is 5.69 Å². The van der Waals surface area contributed by atoms with Gasteiger partial charge in [0.15, 0.2) is 0 Å². The highest BCUT2D eigenvalue weighted by molar-refractivity contribution is 7.99. The van der Waals surface area contributed by atoms with E-state index in [0.29, 0.717) is 6.54 Å². The molecule has 0 saturated carbocycles. The van der Waals surface area contributed by atoms with Crippen LogP contribution in [0, 0.1) is 0 Å². The molecule has 2 aliphatic rings. The summed E-state index contributed by atoms with van der Waals surface area (Å²) in [5.41, 5.74) is 8.77. The van der Waals surface area contributed by atoms with Gasteiger partial charge in [0.05, 0.1) is 0 Å². The number of likely N-dealkylation sites (tertiary alicyclic amines) is 1. The van der Waals surface area contributed by atoms with Crippen molar-refractivity contribution in [3.05, 3.63) is 23.8 Å². The van der Waals surface area contributed by atoms with Crippen LogP contribution in [0.1, 0.15) is 31.7 Å². The first-order chi connectivity index (χ1) is 10.3. The molecule has 1 atom stereocenters. The average molecular weight is 305 g/mol. The molecule has 2 aliphatic heterocycles.